The number of hydrogen-bond acceptors (Lipinski definition) is 4. The lowest BCUT2D eigenvalue weighted by Gasteiger charge is -2.08. The van der Waals surface area contributed by atoms with Gasteiger partial charge in [0, 0.05) is 0 Å². The van der Waals surface area contributed by atoms with Crippen molar-refractivity contribution >= 4 is 24.3 Å². The number of primary amides is 1. The molecule has 1 fully saturated rings. The lowest BCUT2D eigenvalue weighted by atomic mass is 9.97. The highest BCUT2D eigenvalue weighted by Gasteiger charge is 2.45. The molecule has 1 amide bonds. The summed E-state index contributed by atoms with van der Waals surface area (Å²) in [5.41, 5.74) is 4.17. The van der Waals surface area contributed by atoms with Gasteiger partial charge in [-0.25, -0.2) is 0 Å². The van der Waals surface area contributed by atoms with Gasteiger partial charge in [-0.2, -0.15) is 0 Å². The monoisotopic (exact) mass is 347 g/mol. The summed E-state index contributed by atoms with van der Waals surface area (Å²) in [6.07, 6.45) is 1.42. The average molecular weight is 347 g/mol. The molecule has 0 aromatic rings. The summed E-state index contributed by atoms with van der Waals surface area (Å²) in [5, 5.41) is 26.0. The van der Waals surface area contributed by atoms with Crippen LogP contribution in [-0.2, 0) is 19.2 Å². The highest BCUT2D eigenvalue weighted by Crippen LogP contribution is 2.36. The Hall–Kier alpha value is -2.12. The van der Waals surface area contributed by atoms with Crippen LogP contribution >= 0.6 is 0 Å². The predicted molar refractivity (Wildman–Crippen MR) is 87.2 cm³/mol. The van der Waals surface area contributed by atoms with E-state index in [1.54, 1.807) is 0 Å². The Morgan fingerprint density at radius 2 is 1.21 bits per heavy atom. The zero-order valence-corrected chi connectivity index (χ0v) is 14.6. The molecule has 0 aromatic heterocycles. The molecule has 140 valence electrons. The SMILES string of the molecule is CC(C)CC(C)C.NC=O.O=C(O)C1CC(C(=O)O)C(C(=O)O)C1. The van der Waals surface area contributed by atoms with E-state index >= 15 is 0 Å². The van der Waals surface area contributed by atoms with Crippen LogP contribution in [0.15, 0.2) is 0 Å². The third kappa shape index (κ3) is 10.6. The van der Waals surface area contributed by atoms with Crippen molar-refractivity contribution in [3.8, 4) is 0 Å². The fourth-order valence-corrected chi connectivity index (χ4v) is 2.73. The van der Waals surface area contributed by atoms with Crippen molar-refractivity contribution in [3.63, 3.8) is 0 Å². The Labute approximate surface area is 142 Å². The smallest absolute Gasteiger partial charge is 0.307 e. The zero-order valence-electron chi connectivity index (χ0n) is 14.6. The van der Waals surface area contributed by atoms with Crippen LogP contribution in [0.2, 0.25) is 0 Å². The maximum Gasteiger partial charge on any atom is 0.307 e. The van der Waals surface area contributed by atoms with Crippen LogP contribution in [-0.4, -0.2) is 39.6 Å². The number of aliphatic carboxylic acids is 3. The first-order chi connectivity index (χ1) is 11.0. The molecular formula is C16H29NO7. The van der Waals surface area contributed by atoms with Gasteiger partial charge in [0.25, 0.3) is 0 Å². The number of rotatable bonds is 5. The van der Waals surface area contributed by atoms with E-state index in [1.807, 2.05) is 0 Å². The second-order valence-corrected chi connectivity index (χ2v) is 6.56. The van der Waals surface area contributed by atoms with Crippen molar-refractivity contribution in [2.45, 2.75) is 47.0 Å². The molecule has 1 aliphatic rings. The molecule has 8 nitrogen and oxygen atoms in total. The summed E-state index contributed by atoms with van der Waals surface area (Å²) in [5.74, 6) is -4.85. The average Bonchev–Trinajstić information content (AvgIpc) is 2.83. The second kappa shape index (κ2) is 12.3. The van der Waals surface area contributed by atoms with Crippen molar-refractivity contribution in [1.29, 1.82) is 0 Å². The van der Waals surface area contributed by atoms with Crippen molar-refractivity contribution in [2.24, 2.45) is 35.3 Å². The van der Waals surface area contributed by atoms with Gasteiger partial charge in [-0.1, -0.05) is 27.7 Å². The molecular weight excluding hydrogens is 318 g/mol. The van der Waals surface area contributed by atoms with E-state index in [9.17, 15) is 14.4 Å². The first-order valence-corrected chi connectivity index (χ1v) is 7.81. The van der Waals surface area contributed by atoms with E-state index in [0.717, 1.165) is 11.8 Å². The third-order valence-electron chi connectivity index (χ3n) is 3.49. The molecule has 5 N–H and O–H groups in total. The second-order valence-electron chi connectivity index (χ2n) is 6.56. The molecule has 2 unspecified atom stereocenters. The fraction of sp³-hybridized carbons (Fsp3) is 0.750. The van der Waals surface area contributed by atoms with Crippen LogP contribution in [0.3, 0.4) is 0 Å². The fourth-order valence-electron chi connectivity index (χ4n) is 2.73. The van der Waals surface area contributed by atoms with Crippen molar-refractivity contribution in [1.82, 2.24) is 0 Å². The molecule has 8 heteroatoms. The molecule has 0 saturated heterocycles. The standard InChI is InChI=1S/C8H10O6.C7H16.CH3NO/c9-6(10)3-1-4(7(11)12)5(2-3)8(13)14;1-6(2)5-7(3)4;2-1-3/h3-5H,1-2H2,(H,9,10)(H,11,12)(H,13,14);6-7H,5H2,1-4H3;1H,(H2,2,3). The lowest BCUT2D eigenvalue weighted by Crippen LogP contribution is -2.24. The van der Waals surface area contributed by atoms with Crippen molar-refractivity contribution < 1.29 is 34.5 Å². The summed E-state index contributed by atoms with van der Waals surface area (Å²) >= 11 is 0. The van der Waals surface area contributed by atoms with Crippen molar-refractivity contribution in [2.75, 3.05) is 0 Å². The summed E-state index contributed by atoms with van der Waals surface area (Å²) in [7, 11) is 0. The Morgan fingerprint density at radius 1 is 0.917 bits per heavy atom. The zero-order chi connectivity index (χ0) is 19.4. The molecule has 0 bridgehead atoms. The lowest BCUT2D eigenvalue weighted by molar-refractivity contribution is -0.152. The molecule has 1 aliphatic carbocycles. The highest BCUT2D eigenvalue weighted by atomic mass is 16.4. The number of hydrogen-bond donors (Lipinski definition) is 4. The van der Waals surface area contributed by atoms with E-state index in [-0.39, 0.29) is 19.3 Å². The predicted octanol–water partition coefficient (Wildman–Crippen LogP) is 1.67. The molecule has 1 rings (SSSR count). The van der Waals surface area contributed by atoms with Crippen LogP contribution in [0.1, 0.15) is 47.0 Å². The van der Waals surface area contributed by atoms with Crippen LogP contribution in [0.25, 0.3) is 0 Å². The number of amides is 1. The number of carbonyl (C=O) groups excluding carboxylic acids is 1. The minimum atomic E-state index is -1.24. The molecule has 2 atom stereocenters. The van der Waals surface area contributed by atoms with E-state index in [4.69, 9.17) is 20.1 Å². The normalized spacial score (nSPS) is 22.0. The summed E-state index contributed by atoms with van der Waals surface area (Å²) in [6, 6.07) is 0. The molecule has 0 aromatic carbocycles. The van der Waals surface area contributed by atoms with Gasteiger partial charge in [-0.15, -0.1) is 0 Å². The Kier molecular flexibility index (Phi) is 12.4. The van der Waals surface area contributed by atoms with E-state index < -0.39 is 35.7 Å². The minimum absolute atomic E-state index is 0.0956. The molecule has 1 saturated carbocycles. The van der Waals surface area contributed by atoms with E-state index in [1.165, 1.54) is 6.42 Å². The summed E-state index contributed by atoms with van der Waals surface area (Å²) in [4.78, 5) is 40.4. The first-order valence-electron chi connectivity index (χ1n) is 7.81. The number of carboxylic acids is 3. The summed E-state index contributed by atoms with van der Waals surface area (Å²) in [6.45, 7) is 9.06. The van der Waals surface area contributed by atoms with Gasteiger partial charge in [-0.05, 0) is 31.1 Å². The number of carbonyl (C=O) groups is 4. The van der Waals surface area contributed by atoms with Gasteiger partial charge in [0.1, 0.15) is 0 Å². The Bertz CT molecular complexity index is 393. The topological polar surface area (TPSA) is 155 Å². The van der Waals surface area contributed by atoms with Crippen LogP contribution < -0.4 is 5.73 Å². The first kappa shape index (κ1) is 24.1. The van der Waals surface area contributed by atoms with Gasteiger partial charge >= 0.3 is 17.9 Å². The van der Waals surface area contributed by atoms with Gasteiger partial charge in [-0.3, -0.25) is 19.2 Å². The maximum atomic E-state index is 10.6. The number of carboxylic acid groups (broad SMARTS) is 3. The Morgan fingerprint density at radius 3 is 1.33 bits per heavy atom. The Balaban J connectivity index is 0. The van der Waals surface area contributed by atoms with Gasteiger partial charge < -0.3 is 21.1 Å². The van der Waals surface area contributed by atoms with E-state index in [0.29, 0.717) is 0 Å². The van der Waals surface area contributed by atoms with Crippen molar-refractivity contribution in [3.05, 3.63) is 0 Å². The summed E-state index contributed by atoms with van der Waals surface area (Å²) < 4.78 is 0. The highest BCUT2D eigenvalue weighted by molar-refractivity contribution is 5.83. The molecule has 0 spiro atoms. The quantitative estimate of drug-likeness (QED) is 0.551. The van der Waals surface area contributed by atoms with Gasteiger partial charge in [0.15, 0.2) is 0 Å². The van der Waals surface area contributed by atoms with E-state index in [2.05, 4.69) is 33.4 Å². The molecule has 0 aliphatic heterocycles. The van der Waals surface area contributed by atoms with Gasteiger partial charge in [0.05, 0.1) is 17.8 Å². The van der Waals surface area contributed by atoms with Crippen LogP contribution in [0.5, 0.6) is 0 Å². The third-order valence-corrected chi connectivity index (χ3v) is 3.49. The van der Waals surface area contributed by atoms with Gasteiger partial charge in [0.2, 0.25) is 6.41 Å². The largest absolute Gasteiger partial charge is 0.481 e. The molecule has 0 heterocycles. The van der Waals surface area contributed by atoms with Crippen LogP contribution in [0.4, 0.5) is 0 Å². The minimum Gasteiger partial charge on any atom is -0.481 e. The number of nitrogens with two attached hydrogens (primary N) is 1. The molecule has 24 heavy (non-hydrogen) atoms. The van der Waals surface area contributed by atoms with Crippen LogP contribution in [0, 0.1) is 29.6 Å². The maximum absolute atomic E-state index is 10.6. The molecule has 0 radical (unpaired) electrons.